The van der Waals surface area contributed by atoms with Gasteiger partial charge in [-0.25, -0.2) is 0 Å². The lowest BCUT2D eigenvalue weighted by Gasteiger charge is -2.20. The number of rotatable bonds is 6. The van der Waals surface area contributed by atoms with E-state index in [9.17, 15) is 18.9 Å². The van der Waals surface area contributed by atoms with Crippen LogP contribution >= 0.6 is 41.9 Å². The zero-order valence-corrected chi connectivity index (χ0v) is 17.8. The van der Waals surface area contributed by atoms with Crippen LogP contribution in [0.1, 0.15) is 31.1 Å². The van der Waals surface area contributed by atoms with Gasteiger partial charge in [0.2, 0.25) is 0 Å². The number of benzene rings is 3. The molecule has 0 fully saturated rings. The van der Waals surface area contributed by atoms with Crippen molar-refractivity contribution in [1.82, 2.24) is 0 Å². The second-order valence-electron chi connectivity index (χ2n) is 6.07. The molecule has 8 heteroatoms. The first-order chi connectivity index (χ1) is 13.7. The van der Waals surface area contributed by atoms with Gasteiger partial charge in [0, 0.05) is 32.6 Å². The molecule has 3 aromatic carbocycles. The quantitative estimate of drug-likeness (QED) is 0.398. The summed E-state index contributed by atoms with van der Waals surface area (Å²) in [5.41, 5.74) is 0.814. The van der Waals surface area contributed by atoms with Gasteiger partial charge in [0.05, 0.1) is 0 Å². The Balaban J connectivity index is 2.19. The number of hydrogen-bond acceptors (Lipinski definition) is 4. The minimum atomic E-state index is -3.39. The van der Waals surface area contributed by atoms with Crippen LogP contribution in [-0.2, 0) is 4.57 Å². The second-order valence-corrected chi connectivity index (χ2v) is 9.87. The third-order valence-electron chi connectivity index (χ3n) is 4.37. The van der Waals surface area contributed by atoms with Gasteiger partial charge < -0.3 is 4.57 Å². The Labute approximate surface area is 181 Å². The molecule has 146 valence electrons. The molecule has 0 atom stereocenters. The third kappa shape index (κ3) is 4.36. The molecule has 0 heterocycles. The van der Waals surface area contributed by atoms with E-state index >= 15 is 0 Å². The predicted octanol–water partition coefficient (Wildman–Crippen LogP) is 4.46. The zero-order chi connectivity index (χ0) is 21.2. The Bertz CT molecular complexity index is 992. The van der Waals surface area contributed by atoms with Crippen LogP contribution in [0.25, 0.3) is 0 Å². The number of carbonyl (C=O) groups is 3. The van der Waals surface area contributed by atoms with Gasteiger partial charge in [-0.05, 0) is 71.2 Å². The van der Waals surface area contributed by atoms with E-state index in [1.165, 1.54) is 36.4 Å². The molecule has 0 amide bonds. The van der Waals surface area contributed by atoms with Crippen molar-refractivity contribution in [1.29, 1.82) is 0 Å². The van der Waals surface area contributed by atoms with Crippen molar-refractivity contribution >= 4 is 73.6 Å². The molecule has 0 spiro atoms. The summed E-state index contributed by atoms with van der Waals surface area (Å²) in [7, 11) is -3.39. The van der Waals surface area contributed by atoms with Crippen molar-refractivity contribution in [2.75, 3.05) is 0 Å². The summed E-state index contributed by atoms with van der Waals surface area (Å²) >= 11 is 16.5. The molecule has 0 bridgehead atoms. The van der Waals surface area contributed by atoms with Gasteiger partial charge in [-0.1, -0.05) is 36.4 Å². The first kappa shape index (κ1) is 21.5. The molecule has 29 heavy (non-hydrogen) atoms. The minimum Gasteiger partial charge on any atom is -0.309 e. The lowest BCUT2D eigenvalue weighted by atomic mass is 10.2. The zero-order valence-electron chi connectivity index (χ0n) is 14.6. The van der Waals surface area contributed by atoms with E-state index in [0.717, 1.165) is 0 Å². The molecule has 0 N–H and O–H groups in total. The molecule has 3 rings (SSSR count). The summed E-state index contributed by atoms with van der Waals surface area (Å²) < 4.78 is 14.3. The lowest BCUT2D eigenvalue weighted by molar-refractivity contribution is 0.107. The molecule has 0 aromatic heterocycles. The molecule has 0 radical (unpaired) electrons. The van der Waals surface area contributed by atoms with Gasteiger partial charge in [-0.3, -0.25) is 14.4 Å². The van der Waals surface area contributed by atoms with E-state index in [1.54, 1.807) is 36.4 Å². The van der Waals surface area contributed by atoms with Crippen LogP contribution < -0.4 is 15.9 Å². The highest BCUT2D eigenvalue weighted by Crippen LogP contribution is 2.42. The fourth-order valence-corrected chi connectivity index (χ4v) is 5.83. The Kier molecular flexibility index (Phi) is 6.40. The van der Waals surface area contributed by atoms with Crippen LogP contribution in [0.4, 0.5) is 0 Å². The standard InChI is InChI=1S/C21H12Cl3O4P/c22-19(25)13-1-7-16(8-2-13)29(28,17-9-3-14(4-10-17)20(23)26)18-11-5-15(6-12-18)21(24)27/h1-12H. The highest BCUT2D eigenvalue weighted by molar-refractivity contribution is 7.85. The highest BCUT2D eigenvalue weighted by atomic mass is 35.5. The number of carbonyl (C=O) groups excluding carboxylic acids is 3. The molecule has 0 aliphatic rings. The Hall–Kier alpha value is -2.23. The van der Waals surface area contributed by atoms with E-state index in [0.29, 0.717) is 15.9 Å². The molecule has 0 unspecified atom stereocenters. The van der Waals surface area contributed by atoms with E-state index < -0.39 is 22.9 Å². The van der Waals surface area contributed by atoms with Gasteiger partial charge in [0.15, 0.2) is 7.14 Å². The normalized spacial score (nSPS) is 11.1. The summed E-state index contributed by atoms with van der Waals surface area (Å²) in [5.74, 6) is 0. The number of hydrogen-bond donors (Lipinski definition) is 0. The maximum absolute atomic E-state index is 14.3. The average Bonchev–Trinajstić information content (AvgIpc) is 2.73. The van der Waals surface area contributed by atoms with Crippen LogP contribution in [0, 0.1) is 0 Å². The molecule has 4 nitrogen and oxygen atoms in total. The van der Waals surface area contributed by atoms with Gasteiger partial charge in [0.25, 0.3) is 15.7 Å². The SMILES string of the molecule is O=C(Cl)c1ccc(P(=O)(c2ccc(C(=O)Cl)cc2)c2ccc(C(=O)Cl)cc2)cc1. The number of halogens is 3. The minimum absolute atomic E-state index is 0.271. The Morgan fingerprint density at radius 1 is 0.483 bits per heavy atom. The fourth-order valence-electron chi connectivity index (χ4n) is 2.85. The predicted molar refractivity (Wildman–Crippen MR) is 116 cm³/mol. The first-order valence-corrected chi connectivity index (χ1v) is 11.1. The van der Waals surface area contributed by atoms with Crippen LogP contribution in [0.5, 0.6) is 0 Å². The van der Waals surface area contributed by atoms with Crippen LogP contribution in [0.2, 0.25) is 0 Å². The molecule has 3 aromatic rings. The summed E-state index contributed by atoms with van der Waals surface area (Å²) in [5, 5.41) is -0.513. The smallest absolute Gasteiger partial charge is 0.252 e. The van der Waals surface area contributed by atoms with Crippen molar-refractivity contribution in [3.63, 3.8) is 0 Å². The van der Waals surface area contributed by atoms with Gasteiger partial charge in [-0.2, -0.15) is 0 Å². The Morgan fingerprint density at radius 3 is 0.862 bits per heavy atom. The first-order valence-electron chi connectivity index (χ1n) is 8.25. The summed E-state index contributed by atoms with van der Waals surface area (Å²) in [6.07, 6.45) is 0. The van der Waals surface area contributed by atoms with Crippen molar-refractivity contribution in [3.05, 3.63) is 89.5 Å². The van der Waals surface area contributed by atoms with Crippen molar-refractivity contribution in [3.8, 4) is 0 Å². The third-order valence-corrected chi connectivity index (χ3v) is 8.10. The fraction of sp³-hybridized carbons (Fsp3) is 0. The molecule has 0 saturated carbocycles. The molecule has 0 aliphatic carbocycles. The monoisotopic (exact) mass is 464 g/mol. The van der Waals surface area contributed by atoms with E-state index in [2.05, 4.69) is 0 Å². The van der Waals surface area contributed by atoms with Crippen LogP contribution in [0.3, 0.4) is 0 Å². The van der Waals surface area contributed by atoms with Crippen molar-refractivity contribution in [2.45, 2.75) is 0 Å². The van der Waals surface area contributed by atoms with Gasteiger partial charge in [-0.15, -0.1) is 0 Å². The van der Waals surface area contributed by atoms with Crippen molar-refractivity contribution in [2.24, 2.45) is 0 Å². The largest absolute Gasteiger partial charge is 0.309 e. The Morgan fingerprint density at radius 2 is 0.690 bits per heavy atom. The lowest BCUT2D eigenvalue weighted by Crippen LogP contribution is -2.25. The summed E-state index contributed by atoms with van der Waals surface area (Å²) in [4.78, 5) is 34.1. The molecular weight excluding hydrogens is 454 g/mol. The highest BCUT2D eigenvalue weighted by Gasteiger charge is 2.30. The molecule has 0 saturated heterocycles. The second kappa shape index (κ2) is 8.64. The average molecular weight is 466 g/mol. The van der Waals surface area contributed by atoms with Crippen LogP contribution in [-0.4, -0.2) is 15.7 Å². The molecule has 0 aliphatic heterocycles. The van der Waals surface area contributed by atoms with Crippen LogP contribution in [0.15, 0.2) is 72.8 Å². The summed E-state index contributed by atoms with van der Waals surface area (Å²) in [6, 6.07) is 18.3. The van der Waals surface area contributed by atoms with Crippen molar-refractivity contribution < 1.29 is 18.9 Å². The maximum atomic E-state index is 14.3. The van der Waals surface area contributed by atoms with Gasteiger partial charge >= 0.3 is 0 Å². The van der Waals surface area contributed by atoms with E-state index in [1.807, 2.05) is 0 Å². The maximum Gasteiger partial charge on any atom is 0.252 e. The van der Waals surface area contributed by atoms with E-state index in [-0.39, 0.29) is 16.7 Å². The van der Waals surface area contributed by atoms with E-state index in [4.69, 9.17) is 34.8 Å². The topological polar surface area (TPSA) is 68.3 Å². The van der Waals surface area contributed by atoms with Gasteiger partial charge in [0.1, 0.15) is 0 Å². The molecular formula is C21H12Cl3O4P. The summed E-state index contributed by atoms with van der Waals surface area (Å²) in [6.45, 7) is 0.